The number of rotatable bonds is 8. The first-order valence-electron chi connectivity index (χ1n) is 5.66. The highest BCUT2D eigenvalue weighted by molar-refractivity contribution is 9.10. The molecule has 0 heterocycles. The molecule has 0 amide bonds. The summed E-state index contributed by atoms with van der Waals surface area (Å²) in [5.74, 6) is 0.0896. The molecule has 5 nitrogen and oxygen atoms in total. The van der Waals surface area contributed by atoms with Crippen molar-refractivity contribution in [2.45, 2.75) is 13.2 Å². The Labute approximate surface area is 124 Å². The van der Waals surface area contributed by atoms with E-state index in [2.05, 4.69) is 30.7 Å². The van der Waals surface area contributed by atoms with Crippen molar-refractivity contribution in [2.75, 3.05) is 19.3 Å². The first kappa shape index (κ1) is 17.3. The highest BCUT2D eigenvalue weighted by Gasteiger charge is 2.10. The molecule has 0 aromatic heterocycles. The van der Waals surface area contributed by atoms with Gasteiger partial charge in [-0.15, -0.1) is 0 Å². The van der Waals surface area contributed by atoms with E-state index in [0.717, 1.165) is 10.7 Å². The number of benzene rings is 1. The van der Waals surface area contributed by atoms with Gasteiger partial charge in [0.05, 0.1) is 6.26 Å². The Kier molecular flexibility index (Phi) is 6.80. The molecule has 0 aliphatic heterocycles. The van der Waals surface area contributed by atoms with E-state index >= 15 is 0 Å². The normalized spacial score (nSPS) is 11.8. The number of hydrogen-bond donors (Lipinski definition) is 2. The Morgan fingerprint density at radius 1 is 1.35 bits per heavy atom. The second kappa shape index (κ2) is 7.87. The Hall–Kier alpha value is -0.770. The zero-order valence-electron chi connectivity index (χ0n) is 10.7. The molecular weight excluding hydrogens is 358 g/mol. The average molecular weight is 373 g/mol. The number of nitrogens with one attached hydrogen (secondary N) is 2. The van der Waals surface area contributed by atoms with Gasteiger partial charge in [0.25, 0.3) is 0 Å². The zero-order chi connectivity index (χ0) is 15.2. The molecular formula is C11H15BrF2N2O3S. The van der Waals surface area contributed by atoms with Crippen molar-refractivity contribution in [3.63, 3.8) is 0 Å². The van der Waals surface area contributed by atoms with E-state index in [1.54, 1.807) is 12.1 Å². The SMILES string of the molecule is CS(=O)(=O)NCCNCc1cc(Br)ccc1OC(F)F. The maximum atomic E-state index is 12.2. The van der Waals surface area contributed by atoms with Crippen LogP contribution in [0.1, 0.15) is 5.56 Å². The Morgan fingerprint density at radius 3 is 2.65 bits per heavy atom. The van der Waals surface area contributed by atoms with Crippen LogP contribution in [0.4, 0.5) is 8.78 Å². The lowest BCUT2D eigenvalue weighted by molar-refractivity contribution is -0.0505. The van der Waals surface area contributed by atoms with Crippen LogP contribution in [0.25, 0.3) is 0 Å². The monoisotopic (exact) mass is 372 g/mol. The van der Waals surface area contributed by atoms with Crippen LogP contribution in [0.3, 0.4) is 0 Å². The summed E-state index contributed by atoms with van der Waals surface area (Å²) in [5, 5.41) is 2.94. The topological polar surface area (TPSA) is 67.4 Å². The molecule has 9 heteroatoms. The van der Waals surface area contributed by atoms with Gasteiger partial charge in [-0.1, -0.05) is 15.9 Å². The molecule has 0 fully saturated rings. The highest BCUT2D eigenvalue weighted by atomic mass is 79.9. The Morgan fingerprint density at radius 2 is 2.05 bits per heavy atom. The standard InChI is InChI=1S/C11H15BrF2N2O3S/c1-20(17,18)16-5-4-15-7-8-6-9(12)2-3-10(8)19-11(13)14/h2-3,6,11,15-16H,4-5,7H2,1H3. The van der Waals surface area contributed by atoms with Crippen LogP contribution < -0.4 is 14.8 Å². The fourth-order valence-corrected chi connectivity index (χ4v) is 2.33. The maximum absolute atomic E-state index is 12.2. The van der Waals surface area contributed by atoms with Crippen LogP contribution in [0.15, 0.2) is 22.7 Å². The van der Waals surface area contributed by atoms with Gasteiger partial charge in [0.2, 0.25) is 10.0 Å². The smallest absolute Gasteiger partial charge is 0.387 e. The molecule has 0 atom stereocenters. The van der Waals surface area contributed by atoms with E-state index in [1.807, 2.05) is 0 Å². The second-order valence-electron chi connectivity index (χ2n) is 3.97. The van der Waals surface area contributed by atoms with Crippen LogP contribution >= 0.6 is 15.9 Å². The maximum Gasteiger partial charge on any atom is 0.387 e. The van der Waals surface area contributed by atoms with Gasteiger partial charge in [-0.2, -0.15) is 8.78 Å². The first-order valence-corrected chi connectivity index (χ1v) is 8.35. The van der Waals surface area contributed by atoms with Crippen LogP contribution in [0, 0.1) is 0 Å². The third-order valence-electron chi connectivity index (χ3n) is 2.22. The van der Waals surface area contributed by atoms with Gasteiger partial charge in [-0.3, -0.25) is 0 Å². The minimum absolute atomic E-state index is 0.0896. The number of ether oxygens (including phenoxy) is 1. The molecule has 0 spiro atoms. The van der Waals surface area contributed by atoms with Crippen molar-refractivity contribution >= 4 is 26.0 Å². The van der Waals surface area contributed by atoms with Gasteiger partial charge in [-0.25, -0.2) is 13.1 Å². The molecule has 1 aromatic rings. The van der Waals surface area contributed by atoms with Crippen molar-refractivity contribution in [3.8, 4) is 5.75 Å². The lowest BCUT2D eigenvalue weighted by Crippen LogP contribution is -2.30. The van der Waals surface area contributed by atoms with Crippen LogP contribution in [-0.4, -0.2) is 34.4 Å². The van der Waals surface area contributed by atoms with E-state index in [1.165, 1.54) is 6.07 Å². The number of hydrogen-bond acceptors (Lipinski definition) is 4. The lowest BCUT2D eigenvalue weighted by atomic mass is 10.2. The Balaban J connectivity index is 2.51. The predicted molar refractivity (Wildman–Crippen MR) is 75.3 cm³/mol. The summed E-state index contributed by atoms with van der Waals surface area (Å²) in [6.07, 6.45) is 1.07. The van der Waals surface area contributed by atoms with Crippen LogP contribution in [0.2, 0.25) is 0 Å². The third kappa shape index (κ3) is 7.13. The fourth-order valence-electron chi connectivity index (χ4n) is 1.44. The van der Waals surface area contributed by atoms with Crippen molar-refractivity contribution < 1.29 is 21.9 Å². The molecule has 114 valence electrons. The van der Waals surface area contributed by atoms with Gasteiger partial charge >= 0.3 is 6.61 Å². The van der Waals surface area contributed by atoms with E-state index in [0.29, 0.717) is 12.1 Å². The summed E-state index contributed by atoms with van der Waals surface area (Å²) < 4.78 is 53.6. The molecule has 20 heavy (non-hydrogen) atoms. The largest absolute Gasteiger partial charge is 0.434 e. The summed E-state index contributed by atoms with van der Waals surface area (Å²) in [5.41, 5.74) is 0.555. The van der Waals surface area contributed by atoms with Gasteiger partial charge in [0.1, 0.15) is 5.75 Å². The molecule has 1 aromatic carbocycles. The fraction of sp³-hybridized carbons (Fsp3) is 0.455. The molecule has 0 aliphatic rings. The van der Waals surface area contributed by atoms with Gasteiger partial charge < -0.3 is 10.1 Å². The minimum Gasteiger partial charge on any atom is -0.434 e. The van der Waals surface area contributed by atoms with Crippen molar-refractivity contribution in [1.82, 2.24) is 10.0 Å². The molecule has 0 unspecified atom stereocenters. The Bertz CT molecular complexity index is 540. The second-order valence-corrected chi connectivity index (χ2v) is 6.72. The average Bonchev–Trinajstić information content (AvgIpc) is 2.30. The predicted octanol–water partition coefficient (Wildman–Crippen LogP) is 1.69. The van der Waals surface area contributed by atoms with Crippen molar-refractivity contribution in [2.24, 2.45) is 0 Å². The van der Waals surface area contributed by atoms with Gasteiger partial charge in [0, 0.05) is 29.7 Å². The molecule has 0 radical (unpaired) electrons. The molecule has 0 saturated heterocycles. The number of halogens is 3. The van der Waals surface area contributed by atoms with Crippen molar-refractivity contribution in [1.29, 1.82) is 0 Å². The summed E-state index contributed by atoms with van der Waals surface area (Å²) in [6.45, 7) is -2.01. The summed E-state index contributed by atoms with van der Waals surface area (Å²) in [4.78, 5) is 0. The molecule has 0 aliphatic carbocycles. The molecule has 0 saturated carbocycles. The molecule has 1 rings (SSSR count). The molecule has 2 N–H and O–H groups in total. The van der Waals surface area contributed by atoms with E-state index in [-0.39, 0.29) is 18.8 Å². The molecule has 0 bridgehead atoms. The van der Waals surface area contributed by atoms with Crippen molar-refractivity contribution in [3.05, 3.63) is 28.2 Å². The number of alkyl halides is 2. The highest BCUT2D eigenvalue weighted by Crippen LogP contribution is 2.24. The summed E-state index contributed by atoms with van der Waals surface area (Å²) in [6, 6.07) is 4.71. The first-order chi connectivity index (χ1) is 9.28. The quantitative estimate of drug-likeness (QED) is 0.681. The van der Waals surface area contributed by atoms with Crippen LogP contribution in [-0.2, 0) is 16.6 Å². The summed E-state index contributed by atoms with van der Waals surface area (Å²) >= 11 is 3.25. The van der Waals surface area contributed by atoms with Gasteiger partial charge in [-0.05, 0) is 18.2 Å². The zero-order valence-corrected chi connectivity index (χ0v) is 13.1. The van der Waals surface area contributed by atoms with E-state index in [4.69, 9.17) is 0 Å². The lowest BCUT2D eigenvalue weighted by Gasteiger charge is -2.12. The number of sulfonamides is 1. The van der Waals surface area contributed by atoms with Crippen LogP contribution in [0.5, 0.6) is 5.75 Å². The third-order valence-corrected chi connectivity index (χ3v) is 3.44. The summed E-state index contributed by atoms with van der Waals surface area (Å²) in [7, 11) is -3.22. The van der Waals surface area contributed by atoms with Gasteiger partial charge in [0.15, 0.2) is 0 Å². The van der Waals surface area contributed by atoms with E-state index in [9.17, 15) is 17.2 Å². The van der Waals surface area contributed by atoms with E-state index < -0.39 is 16.6 Å². The minimum atomic E-state index is -3.22.